The molecule has 0 spiro atoms. The van der Waals surface area contributed by atoms with Gasteiger partial charge in [0, 0.05) is 25.6 Å². The minimum atomic E-state index is -0.755. The van der Waals surface area contributed by atoms with Crippen LogP contribution in [0, 0.1) is 16.7 Å². The van der Waals surface area contributed by atoms with Crippen LogP contribution < -0.4 is 0 Å². The first-order valence-electron chi connectivity index (χ1n) is 8.78. The van der Waals surface area contributed by atoms with Gasteiger partial charge in [-0.25, -0.2) is 0 Å². The van der Waals surface area contributed by atoms with Crippen molar-refractivity contribution in [2.24, 2.45) is 5.41 Å². The van der Waals surface area contributed by atoms with Crippen LogP contribution in [0.15, 0.2) is 6.33 Å². The van der Waals surface area contributed by atoms with E-state index in [0.717, 1.165) is 70.4 Å². The second kappa shape index (κ2) is 6.69. The zero-order valence-corrected chi connectivity index (χ0v) is 13.9. The third-order valence-electron chi connectivity index (χ3n) is 5.46. The molecule has 3 rings (SSSR count). The summed E-state index contributed by atoms with van der Waals surface area (Å²) in [6, 6.07) is 2.35. The van der Waals surface area contributed by atoms with Gasteiger partial charge >= 0.3 is 0 Å². The number of rotatable bonds is 3. The topological polar surface area (TPSA) is 74.8 Å². The summed E-state index contributed by atoms with van der Waals surface area (Å²) in [6.45, 7) is 4.41. The summed E-state index contributed by atoms with van der Waals surface area (Å²) in [6.07, 6.45) is 8.19. The lowest BCUT2D eigenvalue weighted by atomic mass is 9.74. The Labute approximate surface area is 137 Å². The van der Waals surface area contributed by atoms with Crippen LogP contribution in [0.25, 0.3) is 0 Å². The molecule has 6 nitrogen and oxygen atoms in total. The maximum absolute atomic E-state index is 12.9. The van der Waals surface area contributed by atoms with Gasteiger partial charge in [-0.2, -0.15) is 5.26 Å². The Morgan fingerprint density at radius 2 is 2.04 bits per heavy atom. The quantitative estimate of drug-likeness (QED) is 0.859. The van der Waals surface area contributed by atoms with E-state index in [1.807, 2.05) is 4.90 Å². The smallest absolute Gasteiger partial charge is 0.243 e. The van der Waals surface area contributed by atoms with E-state index in [1.54, 1.807) is 6.33 Å². The molecule has 6 heteroatoms. The lowest BCUT2D eigenvalue weighted by Gasteiger charge is -2.38. The highest BCUT2D eigenvalue weighted by atomic mass is 16.2. The average Bonchev–Trinajstić information content (AvgIpc) is 3.10. The number of hydrogen-bond donors (Lipinski definition) is 0. The fraction of sp³-hybridized carbons (Fsp3) is 0.765. The van der Waals surface area contributed by atoms with E-state index in [9.17, 15) is 10.1 Å². The lowest BCUT2D eigenvalue weighted by Crippen LogP contribution is -2.47. The fourth-order valence-electron chi connectivity index (χ4n) is 4.00. The number of nitriles is 1. The van der Waals surface area contributed by atoms with Crippen molar-refractivity contribution in [2.45, 2.75) is 64.3 Å². The summed E-state index contributed by atoms with van der Waals surface area (Å²) in [4.78, 5) is 14.8. The lowest BCUT2D eigenvalue weighted by molar-refractivity contribution is -0.141. The minimum Gasteiger partial charge on any atom is -0.341 e. The van der Waals surface area contributed by atoms with E-state index in [4.69, 9.17) is 0 Å². The van der Waals surface area contributed by atoms with Crippen molar-refractivity contribution < 1.29 is 4.79 Å². The van der Waals surface area contributed by atoms with Crippen molar-refractivity contribution in [3.8, 4) is 6.07 Å². The van der Waals surface area contributed by atoms with Gasteiger partial charge in [-0.15, -0.1) is 10.2 Å². The third kappa shape index (κ3) is 2.97. The zero-order valence-electron chi connectivity index (χ0n) is 13.9. The van der Waals surface area contributed by atoms with Crippen LogP contribution in [0.5, 0.6) is 0 Å². The van der Waals surface area contributed by atoms with Gasteiger partial charge in [-0.3, -0.25) is 4.79 Å². The van der Waals surface area contributed by atoms with Gasteiger partial charge in [0.2, 0.25) is 5.91 Å². The molecule has 2 heterocycles. The van der Waals surface area contributed by atoms with Gasteiger partial charge in [0.1, 0.15) is 17.6 Å². The zero-order chi connectivity index (χ0) is 16.3. The van der Waals surface area contributed by atoms with Crippen molar-refractivity contribution in [3.63, 3.8) is 0 Å². The van der Waals surface area contributed by atoms with Crippen LogP contribution in [0.3, 0.4) is 0 Å². The van der Waals surface area contributed by atoms with Crippen molar-refractivity contribution in [2.75, 3.05) is 13.1 Å². The third-order valence-corrected chi connectivity index (χ3v) is 5.46. The van der Waals surface area contributed by atoms with Crippen LogP contribution in [-0.4, -0.2) is 38.7 Å². The molecule has 0 unspecified atom stereocenters. The normalized spacial score (nSPS) is 21.8. The fourth-order valence-corrected chi connectivity index (χ4v) is 4.00. The van der Waals surface area contributed by atoms with Gasteiger partial charge in [-0.05, 0) is 32.6 Å². The number of likely N-dealkylation sites (tertiary alicyclic amines) is 1. The summed E-state index contributed by atoms with van der Waals surface area (Å²) in [5.74, 6) is 1.47. The van der Waals surface area contributed by atoms with E-state index in [1.165, 1.54) is 0 Å². The number of carbonyl (C=O) groups excluding carboxylic acids is 1. The SMILES string of the molecule is CCn1cnnc1C1CCN(C(=O)C2(C#N)CCCCC2)CC1. The average molecular weight is 315 g/mol. The number of piperidine rings is 1. The molecule has 1 saturated carbocycles. The number of hydrogen-bond acceptors (Lipinski definition) is 4. The molecule has 23 heavy (non-hydrogen) atoms. The molecular formula is C17H25N5O. The van der Waals surface area contributed by atoms with E-state index in [-0.39, 0.29) is 5.91 Å². The molecule has 1 aromatic rings. The number of aryl methyl sites for hydroxylation is 1. The Morgan fingerprint density at radius 1 is 1.35 bits per heavy atom. The predicted octanol–water partition coefficient (Wildman–Crippen LogP) is 2.48. The molecule has 1 aliphatic heterocycles. The molecule has 1 aliphatic carbocycles. The first kappa shape index (κ1) is 16.0. The second-order valence-corrected chi connectivity index (χ2v) is 6.80. The number of nitrogens with zero attached hydrogens (tertiary/aromatic N) is 5. The van der Waals surface area contributed by atoms with E-state index in [0.29, 0.717) is 5.92 Å². The Balaban J connectivity index is 1.64. The Hall–Kier alpha value is -1.90. The molecule has 2 aliphatic rings. The van der Waals surface area contributed by atoms with Gasteiger partial charge in [-0.1, -0.05) is 19.3 Å². The Morgan fingerprint density at radius 3 is 2.65 bits per heavy atom. The van der Waals surface area contributed by atoms with Crippen molar-refractivity contribution in [3.05, 3.63) is 12.2 Å². The molecule has 0 atom stereocenters. The summed E-state index contributed by atoms with van der Waals surface area (Å²) in [5.41, 5.74) is -0.755. The summed E-state index contributed by atoms with van der Waals surface area (Å²) in [7, 11) is 0. The van der Waals surface area contributed by atoms with Crippen molar-refractivity contribution in [1.82, 2.24) is 19.7 Å². The standard InChI is InChI=1S/C17H25N5O/c1-2-21-13-19-20-15(21)14-6-10-22(11-7-14)16(23)17(12-18)8-4-3-5-9-17/h13-14H,2-11H2,1H3. The van der Waals surface area contributed by atoms with Crippen LogP contribution in [0.1, 0.15) is 63.6 Å². The number of amides is 1. The number of carbonyl (C=O) groups is 1. The molecule has 2 fully saturated rings. The highest BCUT2D eigenvalue weighted by Crippen LogP contribution is 2.38. The molecule has 124 valence electrons. The van der Waals surface area contributed by atoms with Crippen molar-refractivity contribution >= 4 is 5.91 Å². The molecule has 1 aromatic heterocycles. The Kier molecular flexibility index (Phi) is 4.65. The van der Waals surface area contributed by atoms with Crippen LogP contribution >= 0.6 is 0 Å². The number of aromatic nitrogens is 3. The van der Waals surface area contributed by atoms with Crippen LogP contribution in [0.2, 0.25) is 0 Å². The molecule has 0 aromatic carbocycles. The summed E-state index contributed by atoms with van der Waals surface area (Å²) >= 11 is 0. The summed E-state index contributed by atoms with van der Waals surface area (Å²) < 4.78 is 2.08. The first-order valence-corrected chi connectivity index (χ1v) is 8.78. The van der Waals surface area contributed by atoms with E-state index in [2.05, 4.69) is 27.8 Å². The molecule has 0 N–H and O–H groups in total. The van der Waals surface area contributed by atoms with Gasteiger partial charge in [0.25, 0.3) is 0 Å². The van der Waals surface area contributed by atoms with Gasteiger partial charge in [0.15, 0.2) is 0 Å². The van der Waals surface area contributed by atoms with Crippen LogP contribution in [0.4, 0.5) is 0 Å². The maximum Gasteiger partial charge on any atom is 0.243 e. The van der Waals surface area contributed by atoms with Crippen molar-refractivity contribution in [1.29, 1.82) is 5.26 Å². The van der Waals surface area contributed by atoms with Gasteiger partial charge in [0.05, 0.1) is 6.07 Å². The minimum absolute atomic E-state index is 0.0649. The monoisotopic (exact) mass is 315 g/mol. The second-order valence-electron chi connectivity index (χ2n) is 6.80. The maximum atomic E-state index is 12.9. The first-order chi connectivity index (χ1) is 11.2. The molecule has 0 bridgehead atoms. The summed E-state index contributed by atoms with van der Waals surface area (Å²) in [5, 5.41) is 17.9. The largest absolute Gasteiger partial charge is 0.341 e. The highest BCUT2D eigenvalue weighted by Gasteiger charge is 2.43. The molecular weight excluding hydrogens is 290 g/mol. The predicted molar refractivity (Wildman–Crippen MR) is 85.4 cm³/mol. The van der Waals surface area contributed by atoms with E-state index >= 15 is 0 Å². The van der Waals surface area contributed by atoms with E-state index < -0.39 is 5.41 Å². The molecule has 0 radical (unpaired) electrons. The molecule has 1 amide bonds. The van der Waals surface area contributed by atoms with Crippen LogP contribution in [-0.2, 0) is 11.3 Å². The molecule has 1 saturated heterocycles. The highest BCUT2D eigenvalue weighted by molar-refractivity contribution is 5.85. The van der Waals surface area contributed by atoms with Gasteiger partial charge < -0.3 is 9.47 Å². The Bertz CT molecular complexity index is 588.